The lowest BCUT2D eigenvalue weighted by molar-refractivity contribution is -0.137. The van der Waals surface area contributed by atoms with Crippen molar-refractivity contribution in [2.45, 2.75) is 62.7 Å². The predicted molar refractivity (Wildman–Crippen MR) is 147 cm³/mol. The molecule has 5 rings (SSSR count). The Morgan fingerprint density at radius 3 is 2.53 bits per heavy atom. The molecule has 2 fully saturated rings. The van der Waals surface area contributed by atoms with Gasteiger partial charge in [-0.2, -0.15) is 0 Å². The van der Waals surface area contributed by atoms with Crippen LogP contribution >= 0.6 is 11.8 Å². The van der Waals surface area contributed by atoms with Gasteiger partial charge in [0.25, 0.3) is 0 Å². The highest BCUT2D eigenvalue weighted by Gasteiger charge is 2.43. The van der Waals surface area contributed by atoms with Gasteiger partial charge in [-0.15, -0.1) is 11.8 Å². The van der Waals surface area contributed by atoms with Gasteiger partial charge in [0, 0.05) is 49.9 Å². The second kappa shape index (κ2) is 11.4. The second-order valence-electron chi connectivity index (χ2n) is 10.7. The van der Waals surface area contributed by atoms with Crippen LogP contribution in [0, 0.1) is 11.7 Å². The van der Waals surface area contributed by atoms with Crippen LogP contribution in [0.1, 0.15) is 56.0 Å². The van der Waals surface area contributed by atoms with Gasteiger partial charge in [0.05, 0.1) is 5.25 Å². The fourth-order valence-electron chi connectivity index (χ4n) is 5.50. The maximum absolute atomic E-state index is 14.7. The molecule has 3 heterocycles. The summed E-state index contributed by atoms with van der Waals surface area (Å²) in [5, 5.41) is 2.02. The first-order chi connectivity index (χ1) is 18.3. The van der Waals surface area contributed by atoms with Crippen LogP contribution in [0.2, 0.25) is 0 Å². The van der Waals surface area contributed by atoms with Gasteiger partial charge in [0.15, 0.2) is 0 Å². The zero-order valence-electron chi connectivity index (χ0n) is 21.9. The maximum Gasteiger partial charge on any atom is 0.322 e. The van der Waals surface area contributed by atoms with E-state index in [-0.39, 0.29) is 36.1 Å². The molecule has 3 aliphatic heterocycles. The molecule has 2 saturated heterocycles. The van der Waals surface area contributed by atoms with E-state index in [1.807, 2.05) is 34.1 Å². The number of nitrogens with zero attached hydrogens (tertiary/aromatic N) is 3. The molecule has 0 radical (unpaired) electrons. The van der Waals surface area contributed by atoms with Gasteiger partial charge in [-0.3, -0.25) is 9.59 Å². The third kappa shape index (κ3) is 5.53. The Balaban J connectivity index is 1.20. The highest BCUT2D eigenvalue weighted by molar-refractivity contribution is 8.01. The lowest BCUT2D eigenvalue weighted by Gasteiger charge is -2.40. The maximum atomic E-state index is 14.7. The first-order valence-electron chi connectivity index (χ1n) is 13.5. The minimum absolute atomic E-state index is 0.0549. The molecule has 0 spiro atoms. The predicted octanol–water partition coefficient (Wildman–Crippen LogP) is 5.24. The summed E-state index contributed by atoms with van der Waals surface area (Å²) in [6, 6.07) is 14.4. The number of carbonyl (C=O) groups is 3. The molecule has 0 saturated carbocycles. The number of piperidine rings is 1. The number of likely N-dealkylation sites (tertiary alicyclic amines) is 1. The number of hydrogen-bond acceptors (Lipinski definition) is 4. The van der Waals surface area contributed by atoms with Gasteiger partial charge in [0.2, 0.25) is 11.8 Å². The molecule has 0 aromatic heterocycles. The monoisotopic (exact) mass is 538 g/mol. The Morgan fingerprint density at radius 1 is 1.08 bits per heavy atom. The summed E-state index contributed by atoms with van der Waals surface area (Å²) >= 11 is 1.38. The number of nitrogens with one attached hydrogen (secondary N) is 1. The highest BCUT2D eigenvalue weighted by atomic mass is 32.2. The lowest BCUT2D eigenvalue weighted by atomic mass is 10.0. The molecule has 1 N–H and O–H groups in total. The van der Waals surface area contributed by atoms with Crippen molar-refractivity contribution >= 4 is 35.3 Å². The number of fused-ring (bicyclic) bond motifs is 1. The van der Waals surface area contributed by atoms with Crippen LogP contribution < -0.4 is 5.32 Å². The number of amides is 4. The second-order valence-corrected chi connectivity index (χ2v) is 12.0. The van der Waals surface area contributed by atoms with Gasteiger partial charge < -0.3 is 20.0 Å². The number of hydrogen-bond donors (Lipinski definition) is 1. The largest absolute Gasteiger partial charge is 0.342 e. The molecule has 2 unspecified atom stereocenters. The number of benzene rings is 2. The standard InChI is InChI=1S/C29H35FN4O3S/c1-19(2)11-16-33-27(36)25(38-28(33)22-8-4-5-9-23(22)30)17-26(35)32-14-12-21(13-15-32)34-18-20-7-3-6-10-24(20)31-29(34)37/h3-10,19,21,25,28H,11-18H2,1-2H3,(H,31,37). The molecular weight excluding hydrogens is 503 g/mol. The van der Waals surface area contributed by atoms with E-state index in [0.29, 0.717) is 50.5 Å². The van der Waals surface area contributed by atoms with E-state index in [4.69, 9.17) is 0 Å². The van der Waals surface area contributed by atoms with E-state index in [1.54, 1.807) is 23.1 Å². The molecule has 3 aliphatic rings. The van der Waals surface area contributed by atoms with Gasteiger partial charge in [0.1, 0.15) is 11.2 Å². The van der Waals surface area contributed by atoms with Crippen LogP contribution in [0.15, 0.2) is 48.5 Å². The number of rotatable bonds is 7. The van der Waals surface area contributed by atoms with Crippen molar-refractivity contribution < 1.29 is 18.8 Å². The molecule has 2 aromatic carbocycles. The van der Waals surface area contributed by atoms with E-state index >= 15 is 0 Å². The van der Waals surface area contributed by atoms with Crippen molar-refractivity contribution in [3.05, 3.63) is 65.5 Å². The van der Waals surface area contributed by atoms with Gasteiger partial charge in [-0.05, 0) is 42.9 Å². The Morgan fingerprint density at radius 2 is 1.79 bits per heavy atom. The SMILES string of the molecule is CC(C)CCN1C(=O)C(CC(=O)N2CCC(N3Cc4ccccc4NC3=O)CC2)SC1c1ccccc1F. The van der Waals surface area contributed by atoms with E-state index < -0.39 is 10.6 Å². The molecule has 38 heavy (non-hydrogen) atoms. The van der Waals surface area contributed by atoms with Crippen LogP contribution in [0.5, 0.6) is 0 Å². The zero-order valence-corrected chi connectivity index (χ0v) is 22.8. The third-order valence-corrected chi connectivity index (χ3v) is 9.19. The van der Waals surface area contributed by atoms with Crippen molar-refractivity contribution in [3.63, 3.8) is 0 Å². The molecule has 0 bridgehead atoms. The fourth-order valence-corrected chi connectivity index (χ4v) is 6.99. The summed E-state index contributed by atoms with van der Waals surface area (Å²) in [5.74, 6) is -0.0613. The van der Waals surface area contributed by atoms with E-state index in [2.05, 4.69) is 19.2 Å². The normalized spacial score (nSPS) is 22.2. The lowest BCUT2D eigenvalue weighted by Crippen LogP contribution is -2.51. The molecule has 0 aliphatic carbocycles. The van der Waals surface area contributed by atoms with E-state index in [9.17, 15) is 18.8 Å². The van der Waals surface area contributed by atoms with Crippen LogP contribution in [0.25, 0.3) is 0 Å². The first kappa shape index (κ1) is 26.5. The number of thioether (sulfide) groups is 1. The van der Waals surface area contributed by atoms with Crippen LogP contribution in [0.3, 0.4) is 0 Å². The van der Waals surface area contributed by atoms with Crippen molar-refractivity contribution in [3.8, 4) is 0 Å². The quantitative estimate of drug-likeness (QED) is 0.523. The smallest absolute Gasteiger partial charge is 0.322 e. The fraction of sp³-hybridized carbons (Fsp3) is 0.483. The van der Waals surface area contributed by atoms with Crippen LogP contribution in [-0.2, 0) is 16.1 Å². The Hall–Kier alpha value is -3.07. The number of carbonyl (C=O) groups excluding carboxylic acids is 3. The summed E-state index contributed by atoms with van der Waals surface area (Å²) < 4.78 is 14.7. The molecule has 9 heteroatoms. The van der Waals surface area contributed by atoms with Gasteiger partial charge in [-0.25, -0.2) is 9.18 Å². The van der Waals surface area contributed by atoms with Crippen molar-refractivity contribution in [2.75, 3.05) is 25.0 Å². The number of para-hydroxylation sites is 1. The molecule has 2 atom stereocenters. The van der Waals surface area contributed by atoms with Crippen LogP contribution in [-0.4, -0.2) is 63.5 Å². The Labute approximate surface area is 227 Å². The van der Waals surface area contributed by atoms with Crippen molar-refractivity contribution in [2.24, 2.45) is 5.92 Å². The summed E-state index contributed by atoms with van der Waals surface area (Å²) in [6.07, 6.45) is 2.33. The first-order valence-corrected chi connectivity index (χ1v) is 14.4. The molecule has 4 amide bonds. The Bertz CT molecular complexity index is 1200. The summed E-state index contributed by atoms with van der Waals surface area (Å²) in [4.78, 5) is 44.8. The van der Waals surface area contributed by atoms with Gasteiger partial charge >= 0.3 is 6.03 Å². The molecule has 2 aromatic rings. The average molecular weight is 539 g/mol. The minimum Gasteiger partial charge on any atom is -0.342 e. The molecule has 7 nitrogen and oxygen atoms in total. The van der Waals surface area contributed by atoms with Gasteiger partial charge in [-0.1, -0.05) is 50.2 Å². The van der Waals surface area contributed by atoms with E-state index in [1.165, 1.54) is 17.8 Å². The van der Waals surface area contributed by atoms with Crippen molar-refractivity contribution in [1.29, 1.82) is 0 Å². The van der Waals surface area contributed by atoms with Crippen molar-refractivity contribution in [1.82, 2.24) is 14.7 Å². The summed E-state index contributed by atoms with van der Waals surface area (Å²) in [6.45, 7) is 6.41. The Kier molecular flexibility index (Phi) is 7.93. The molecular formula is C29H35FN4O3S. The zero-order chi connectivity index (χ0) is 26.8. The minimum atomic E-state index is -0.527. The molecule has 202 valence electrons. The van der Waals surface area contributed by atoms with Crippen LogP contribution in [0.4, 0.5) is 14.9 Å². The number of halogens is 1. The number of anilines is 1. The number of urea groups is 1. The topological polar surface area (TPSA) is 73.0 Å². The average Bonchev–Trinajstić information content (AvgIpc) is 3.21. The summed E-state index contributed by atoms with van der Waals surface area (Å²) in [7, 11) is 0. The third-order valence-electron chi connectivity index (χ3n) is 7.73. The van der Waals surface area contributed by atoms with E-state index in [0.717, 1.165) is 17.7 Å². The highest BCUT2D eigenvalue weighted by Crippen LogP contribution is 2.45. The summed E-state index contributed by atoms with van der Waals surface area (Å²) in [5.41, 5.74) is 2.44.